The molecule has 102 valence electrons. The van der Waals surface area contributed by atoms with Gasteiger partial charge in [-0.15, -0.1) is 0 Å². The molecular formula is C15H23InN2O. The van der Waals surface area contributed by atoms with Gasteiger partial charge in [-0.3, -0.25) is 0 Å². The van der Waals surface area contributed by atoms with Crippen molar-refractivity contribution in [3.05, 3.63) is 48.5 Å². The molecule has 0 spiro atoms. The standard InChI is InChI=1S/C12H12N2.C3H8O.In.3H/c13-11-5-1-9(2-6-11)10-3-7-12(14)8-4-10;1-3(2)4;;;;/h1-8H,13-14H2;3-4H,1-2H3;;;;. The van der Waals surface area contributed by atoms with E-state index >= 15 is 0 Å². The molecule has 0 radical (unpaired) electrons. The van der Waals surface area contributed by atoms with Crippen molar-refractivity contribution in [3.8, 4) is 11.1 Å². The fourth-order valence-corrected chi connectivity index (χ4v) is 1.35. The van der Waals surface area contributed by atoms with Crippen LogP contribution < -0.4 is 11.5 Å². The van der Waals surface area contributed by atoms with Gasteiger partial charge in [-0.1, -0.05) is 24.3 Å². The average Bonchev–Trinajstić information content (AvgIpc) is 2.31. The van der Waals surface area contributed by atoms with Gasteiger partial charge in [0.2, 0.25) is 0 Å². The molecule has 0 heterocycles. The molecule has 0 unspecified atom stereocenters. The van der Waals surface area contributed by atoms with Crippen molar-refractivity contribution in [2.75, 3.05) is 11.5 Å². The van der Waals surface area contributed by atoms with Crippen LogP contribution in [-0.4, -0.2) is 37.1 Å². The van der Waals surface area contributed by atoms with Crippen molar-refractivity contribution in [2.24, 2.45) is 0 Å². The third kappa shape index (κ3) is 7.13. The summed E-state index contributed by atoms with van der Waals surface area (Å²) in [5.74, 6) is 0. The molecule has 0 saturated heterocycles. The first-order chi connectivity index (χ1) is 8.49. The molecule has 3 nitrogen and oxygen atoms in total. The number of hydrogen-bond donors (Lipinski definition) is 3. The Hall–Kier alpha value is -1.13. The Bertz CT molecular complexity index is 420. The quantitative estimate of drug-likeness (QED) is 0.677. The van der Waals surface area contributed by atoms with E-state index in [0.717, 1.165) is 22.5 Å². The second kappa shape index (κ2) is 8.88. The molecule has 2 rings (SSSR count). The van der Waals surface area contributed by atoms with Gasteiger partial charge in [-0.2, -0.15) is 0 Å². The molecule has 2 aromatic rings. The molecule has 0 amide bonds. The summed E-state index contributed by atoms with van der Waals surface area (Å²) in [5, 5.41) is 8.06. The van der Waals surface area contributed by atoms with E-state index in [2.05, 4.69) is 0 Å². The number of aliphatic hydroxyl groups excluding tert-OH is 1. The summed E-state index contributed by atoms with van der Waals surface area (Å²) in [6, 6.07) is 15.6. The zero-order valence-corrected chi connectivity index (χ0v) is 10.8. The van der Waals surface area contributed by atoms with E-state index < -0.39 is 0 Å². The van der Waals surface area contributed by atoms with Crippen LogP contribution >= 0.6 is 0 Å². The monoisotopic (exact) mass is 362 g/mol. The number of benzene rings is 2. The van der Waals surface area contributed by atoms with E-state index in [1.807, 2.05) is 48.5 Å². The van der Waals surface area contributed by atoms with Gasteiger partial charge in [0, 0.05) is 17.5 Å². The van der Waals surface area contributed by atoms with Gasteiger partial charge in [0.1, 0.15) is 0 Å². The summed E-state index contributed by atoms with van der Waals surface area (Å²) in [6.07, 6.45) is -0.167. The van der Waals surface area contributed by atoms with Crippen LogP contribution in [0.3, 0.4) is 0 Å². The fraction of sp³-hybridized carbons (Fsp3) is 0.200. The number of hydrogen-bond acceptors (Lipinski definition) is 3. The van der Waals surface area contributed by atoms with E-state index in [0.29, 0.717) is 0 Å². The number of rotatable bonds is 1. The van der Waals surface area contributed by atoms with Gasteiger partial charge in [0.05, 0.1) is 0 Å². The zero-order valence-electron chi connectivity index (χ0n) is 10.8. The predicted octanol–water partition coefficient (Wildman–Crippen LogP) is 1.72. The molecule has 0 aliphatic carbocycles. The SMILES string of the molecule is CC(C)O.Nc1ccc(-c2ccc(N)cc2)cc1.[InH3]. The number of aliphatic hydroxyl groups is 1. The Labute approximate surface area is 133 Å². The normalized spacial score (nSPS) is 9.26. The Kier molecular flexibility index (Phi) is 8.36. The molecule has 0 aliphatic rings. The number of anilines is 2. The van der Waals surface area contributed by atoms with Gasteiger partial charge in [-0.25, -0.2) is 0 Å². The summed E-state index contributed by atoms with van der Waals surface area (Å²) >= 11 is 0. The van der Waals surface area contributed by atoms with Crippen LogP contribution in [0.1, 0.15) is 13.8 Å². The minimum absolute atomic E-state index is 0. The van der Waals surface area contributed by atoms with E-state index in [4.69, 9.17) is 16.6 Å². The molecule has 0 saturated carbocycles. The van der Waals surface area contributed by atoms with Gasteiger partial charge in [0.15, 0.2) is 0 Å². The third-order valence-corrected chi connectivity index (χ3v) is 2.15. The topological polar surface area (TPSA) is 72.3 Å². The predicted molar refractivity (Wildman–Crippen MR) is 88.0 cm³/mol. The zero-order chi connectivity index (χ0) is 13.5. The molecule has 0 aromatic heterocycles. The van der Waals surface area contributed by atoms with Crippen molar-refractivity contribution in [3.63, 3.8) is 0 Å². The van der Waals surface area contributed by atoms with E-state index in [9.17, 15) is 0 Å². The third-order valence-electron chi connectivity index (χ3n) is 2.15. The summed E-state index contributed by atoms with van der Waals surface area (Å²) in [5.41, 5.74) is 15.1. The van der Waals surface area contributed by atoms with Crippen molar-refractivity contribution in [1.82, 2.24) is 0 Å². The van der Waals surface area contributed by atoms with Crippen molar-refractivity contribution < 1.29 is 5.11 Å². The van der Waals surface area contributed by atoms with Crippen LogP contribution in [0.5, 0.6) is 0 Å². The molecule has 5 N–H and O–H groups in total. The molecule has 19 heavy (non-hydrogen) atoms. The molecule has 0 atom stereocenters. The molecule has 2 aromatic carbocycles. The molecule has 0 bridgehead atoms. The molecule has 4 heteroatoms. The van der Waals surface area contributed by atoms with E-state index in [1.165, 1.54) is 0 Å². The van der Waals surface area contributed by atoms with Crippen molar-refractivity contribution in [2.45, 2.75) is 20.0 Å². The van der Waals surface area contributed by atoms with Crippen LogP contribution in [0, 0.1) is 0 Å². The average molecular weight is 362 g/mol. The Balaban J connectivity index is 0.000000576. The maximum atomic E-state index is 8.06. The fourth-order valence-electron chi connectivity index (χ4n) is 1.35. The summed E-state index contributed by atoms with van der Waals surface area (Å²) in [7, 11) is 0. The van der Waals surface area contributed by atoms with Crippen LogP contribution in [0.2, 0.25) is 0 Å². The molecule has 0 fully saturated rings. The van der Waals surface area contributed by atoms with E-state index in [1.54, 1.807) is 13.8 Å². The number of nitrogens with two attached hydrogens (primary N) is 2. The maximum absolute atomic E-state index is 8.06. The second-order valence-corrected chi connectivity index (χ2v) is 4.34. The van der Waals surface area contributed by atoms with Crippen LogP contribution in [0.15, 0.2) is 48.5 Å². The van der Waals surface area contributed by atoms with Gasteiger partial charge < -0.3 is 16.6 Å². The van der Waals surface area contributed by atoms with Gasteiger partial charge in [0.25, 0.3) is 0 Å². The van der Waals surface area contributed by atoms with Gasteiger partial charge >= 0.3 is 25.8 Å². The molecular weight excluding hydrogens is 339 g/mol. The van der Waals surface area contributed by atoms with E-state index in [-0.39, 0.29) is 31.9 Å². The van der Waals surface area contributed by atoms with Gasteiger partial charge in [-0.05, 0) is 49.2 Å². The summed E-state index contributed by atoms with van der Waals surface area (Å²) in [6.45, 7) is 3.44. The molecule has 0 aliphatic heterocycles. The van der Waals surface area contributed by atoms with Crippen LogP contribution in [0.4, 0.5) is 11.4 Å². The van der Waals surface area contributed by atoms with Crippen molar-refractivity contribution in [1.29, 1.82) is 0 Å². The van der Waals surface area contributed by atoms with Crippen molar-refractivity contribution >= 4 is 37.2 Å². The first-order valence-corrected chi connectivity index (χ1v) is 5.88. The first-order valence-electron chi connectivity index (χ1n) is 5.88. The first kappa shape index (κ1) is 17.9. The summed E-state index contributed by atoms with van der Waals surface area (Å²) < 4.78 is 0. The van der Waals surface area contributed by atoms with Crippen LogP contribution in [-0.2, 0) is 0 Å². The summed E-state index contributed by atoms with van der Waals surface area (Å²) in [4.78, 5) is 0. The van der Waals surface area contributed by atoms with Crippen LogP contribution in [0.25, 0.3) is 11.1 Å². The Morgan fingerprint density at radius 2 is 0.947 bits per heavy atom. The Morgan fingerprint density at radius 1 is 0.737 bits per heavy atom. The second-order valence-electron chi connectivity index (χ2n) is 4.34. The minimum atomic E-state index is -0.167. The number of nitrogen functional groups attached to an aromatic ring is 2. The Morgan fingerprint density at radius 3 is 1.16 bits per heavy atom.